The van der Waals surface area contributed by atoms with Crippen molar-refractivity contribution in [2.75, 3.05) is 36.8 Å². The van der Waals surface area contributed by atoms with E-state index in [9.17, 15) is 4.79 Å². The van der Waals surface area contributed by atoms with Gasteiger partial charge in [-0.2, -0.15) is 0 Å². The number of rotatable bonds is 3. The Hall–Kier alpha value is -1.71. The van der Waals surface area contributed by atoms with Crippen LogP contribution in [0.1, 0.15) is 24.2 Å². The van der Waals surface area contributed by atoms with Crippen molar-refractivity contribution in [3.8, 4) is 0 Å². The van der Waals surface area contributed by atoms with Crippen molar-refractivity contribution in [2.24, 2.45) is 0 Å². The summed E-state index contributed by atoms with van der Waals surface area (Å²) in [5.74, 6) is 0.100. The first-order chi connectivity index (χ1) is 8.27. The largest absolute Gasteiger partial charge is 0.382 e. The van der Waals surface area contributed by atoms with E-state index in [1.54, 1.807) is 0 Å². The van der Waals surface area contributed by atoms with E-state index in [1.165, 1.54) is 0 Å². The van der Waals surface area contributed by atoms with E-state index in [0.717, 1.165) is 43.1 Å². The van der Waals surface area contributed by atoms with Gasteiger partial charge in [0, 0.05) is 26.2 Å². The van der Waals surface area contributed by atoms with Crippen LogP contribution in [0.3, 0.4) is 0 Å². The van der Waals surface area contributed by atoms with Gasteiger partial charge in [0.05, 0.1) is 16.9 Å². The summed E-state index contributed by atoms with van der Waals surface area (Å²) < 4.78 is 0. The lowest BCUT2D eigenvalue weighted by Gasteiger charge is -2.25. The van der Waals surface area contributed by atoms with Crippen LogP contribution >= 0.6 is 0 Å². The molecule has 17 heavy (non-hydrogen) atoms. The van der Waals surface area contributed by atoms with E-state index in [0.29, 0.717) is 0 Å². The minimum atomic E-state index is 0.100. The minimum Gasteiger partial charge on any atom is -0.382 e. The van der Waals surface area contributed by atoms with Crippen molar-refractivity contribution in [1.82, 2.24) is 4.90 Å². The molecule has 0 radical (unpaired) electrons. The molecule has 1 amide bonds. The molecule has 0 atom stereocenters. The maximum Gasteiger partial charge on any atom is 0.256 e. The van der Waals surface area contributed by atoms with Gasteiger partial charge < -0.3 is 15.5 Å². The smallest absolute Gasteiger partial charge is 0.256 e. The average Bonchev–Trinajstić information content (AvgIpc) is 2.39. The molecule has 0 saturated carbocycles. The van der Waals surface area contributed by atoms with Gasteiger partial charge >= 0.3 is 0 Å². The Balaban J connectivity index is 2.35. The Kier molecular flexibility index (Phi) is 3.52. The van der Waals surface area contributed by atoms with Gasteiger partial charge in [-0.3, -0.25) is 4.79 Å². The number of para-hydroxylation sites is 1. The number of benzene rings is 1. The maximum atomic E-state index is 12.3. The molecular formula is C13H19N3O. The monoisotopic (exact) mass is 233 g/mol. The number of nitrogens with one attached hydrogen (secondary N) is 2. The summed E-state index contributed by atoms with van der Waals surface area (Å²) in [7, 11) is 0. The van der Waals surface area contributed by atoms with E-state index in [2.05, 4.69) is 10.6 Å². The van der Waals surface area contributed by atoms with Gasteiger partial charge in [-0.15, -0.1) is 0 Å². The summed E-state index contributed by atoms with van der Waals surface area (Å²) in [6, 6.07) is 5.82. The van der Waals surface area contributed by atoms with Crippen molar-refractivity contribution in [2.45, 2.75) is 13.8 Å². The first kappa shape index (κ1) is 11.8. The summed E-state index contributed by atoms with van der Waals surface area (Å²) in [4.78, 5) is 14.2. The molecule has 1 aromatic rings. The van der Waals surface area contributed by atoms with Gasteiger partial charge in [0.2, 0.25) is 0 Å². The van der Waals surface area contributed by atoms with Gasteiger partial charge in [0.1, 0.15) is 0 Å². The molecule has 1 heterocycles. The van der Waals surface area contributed by atoms with Gasteiger partial charge in [-0.25, -0.2) is 0 Å². The number of fused-ring (bicyclic) bond motifs is 1. The van der Waals surface area contributed by atoms with E-state index in [-0.39, 0.29) is 5.91 Å². The summed E-state index contributed by atoms with van der Waals surface area (Å²) in [5.41, 5.74) is 2.73. The lowest BCUT2D eigenvalue weighted by molar-refractivity contribution is 0.0774. The molecule has 2 N–H and O–H groups in total. The third-order valence-electron chi connectivity index (χ3n) is 3.09. The summed E-state index contributed by atoms with van der Waals surface area (Å²) in [6.45, 7) is 7.25. The minimum absolute atomic E-state index is 0.100. The third-order valence-corrected chi connectivity index (χ3v) is 3.09. The Labute approximate surface area is 102 Å². The Morgan fingerprint density at radius 2 is 1.94 bits per heavy atom. The van der Waals surface area contributed by atoms with Gasteiger partial charge in [0.15, 0.2) is 0 Å². The predicted octanol–water partition coefficient (Wildman–Crippen LogP) is 2.01. The highest BCUT2D eigenvalue weighted by molar-refractivity contribution is 6.02. The second kappa shape index (κ2) is 5.08. The first-order valence-corrected chi connectivity index (χ1v) is 6.18. The lowest BCUT2D eigenvalue weighted by Crippen LogP contribution is -2.32. The van der Waals surface area contributed by atoms with Crippen LogP contribution in [-0.2, 0) is 0 Å². The highest BCUT2D eigenvalue weighted by Gasteiger charge is 2.20. The maximum absolute atomic E-state index is 12.3. The molecule has 4 heteroatoms. The molecule has 0 saturated heterocycles. The fraction of sp³-hybridized carbons (Fsp3) is 0.462. The summed E-state index contributed by atoms with van der Waals surface area (Å²) in [5, 5.41) is 6.60. The van der Waals surface area contributed by atoms with Crippen LogP contribution in [0, 0.1) is 0 Å². The van der Waals surface area contributed by atoms with Gasteiger partial charge in [-0.1, -0.05) is 6.07 Å². The Bertz CT molecular complexity index is 413. The molecular weight excluding hydrogens is 214 g/mol. The van der Waals surface area contributed by atoms with Gasteiger partial charge in [-0.05, 0) is 26.0 Å². The molecule has 1 aromatic carbocycles. The van der Waals surface area contributed by atoms with E-state index < -0.39 is 0 Å². The fourth-order valence-corrected chi connectivity index (χ4v) is 2.13. The number of carbonyl (C=O) groups excluding carboxylic acids is 1. The van der Waals surface area contributed by atoms with Crippen molar-refractivity contribution in [3.63, 3.8) is 0 Å². The fourth-order valence-electron chi connectivity index (χ4n) is 2.13. The van der Waals surface area contributed by atoms with Crippen LogP contribution in [-0.4, -0.2) is 37.0 Å². The number of hydrogen-bond donors (Lipinski definition) is 2. The summed E-state index contributed by atoms with van der Waals surface area (Å²) in [6.07, 6.45) is 0. The Morgan fingerprint density at radius 3 is 2.65 bits per heavy atom. The first-order valence-electron chi connectivity index (χ1n) is 6.18. The van der Waals surface area contributed by atoms with Crippen LogP contribution in [0.15, 0.2) is 18.2 Å². The normalized spacial score (nSPS) is 13.3. The molecule has 4 nitrogen and oxygen atoms in total. The van der Waals surface area contributed by atoms with E-state index >= 15 is 0 Å². The summed E-state index contributed by atoms with van der Waals surface area (Å²) >= 11 is 0. The van der Waals surface area contributed by atoms with E-state index in [1.807, 2.05) is 36.9 Å². The highest BCUT2D eigenvalue weighted by Crippen LogP contribution is 2.29. The topological polar surface area (TPSA) is 44.4 Å². The van der Waals surface area contributed by atoms with Crippen molar-refractivity contribution >= 4 is 17.3 Å². The standard InChI is InChI=1S/C13H19N3O/c1-3-16(4-2)13(17)10-6-5-7-11-12(10)15-9-8-14-11/h5-7,14-15H,3-4,8-9H2,1-2H3. The molecule has 0 aliphatic carbocycles. The molecule has 1 aliphatic heterocycles. The van der Waals surface area contributed by atoms with Crippen molar-refractivity contribution in [3.05, 3.63) is 23.8 Å². The van der Waals surface area contributed by atoms with Crippen molar-refractivity contribution < 1.29 is 4.79 Å². The van der Waals surface area contributed by atoms with Crippen LogP contribution in [0.25, 0.3) is 0 Å². The molecule has 0 fully saturated rings. The third kappa shape index (κ3) is 2.20. The second-order valence-electron chi connectivity index (χ2n) is 4.06. The molecule has 0 bridgehead atoms. The molecule has 2 rings (SSSR count). The van der Waals surface area contributed by atoms with Crippen LogP contribution in [0.4, 0.5) is 11.4 Å². The quantitative estimate of drug-likeness (QED) is 0.839. The van der Waals surface area contributed by atoms with Crippen LogP contribution in [0.5, 0.6) is 0 Å². The van der Waals surface area contributed by atoms with E-state index in [4.69, 9.17) is 0 Å². The average molecular weight is 233 g/mol. The highest BCUT2D eigenvalue weighted by atomic mass is 16.2. The Morgan fingerprint density at radius 1 is 1.24 bits per heavy atom. The number of anilines is 2. The number of carbonyl (C=O) groups is 1. The number of hydrogen-bond acceptors (Lipinski definition) is 3. The zero-order chi connectivity index (χ0) is 12.3. The second-order valence-corrected chi connectivity index (χ2v) is 4.06. The number of nitrogens with zero attached hydrogens (tertiary/aromatic N) is 1. The molecule has 1 aliphatic rings. The van der Waals surface area contributed by atoms with Crippen LogP contribution in [0.2, 0.25) is 0 Å². The molecule has 92 valence electrons. The number of amides is 1. The molecule has 0 unspecified atom stereocenters. The zero-order valence-electron chi connectivity index (χ0n) is 10.4. The van der Waals surface area contributed by atoms with Crippen molar-refractivity contribution in [1.29, 1.82) is 0 Å². The SMILES string of the molecule is CCN(CC)C(=O)c1cccc2c1NCCN2. The molecule has 0 spiro atoms. The van der Waals surface area contributed by atoms with Crippen LogP contribution < -0.4 is 10.6 Å². The lowest BCUT2D eigenvalue weighted by atomic mass is 10.1. The van der Waals surface area contributed by atoms with Gasteiger partial charge in [0.25, 0.3) is 5.91 Å². The predicted molar refractivity (Wildman–Crippen MR) is 70.7 cm³/mol. The molecule has 0 aromatic heterocycles. The zero-order valence-corrected chi connectivity index (χ0v) is 10.4.